The van der Waals surface area contributed by atoms with Crippen molar-refractivity contribution in [2.24, 2.45) is 17.4 Å². The fourth-order valence-electron chi connectivity index (χ4n) is 4.00. The van der Waals surface area contributed by atoms with Gasteiger partial charge in [0, 0.05) is 23.5 Å². The maximum absolute atomic E-state index is 13.4. The highest BCUT2D eigenvalue weighted by Gasteiger charge is 2.31. The van der Waals surface area contributed by atoms with E-state index in [-0.39, 0.29) is 18.8 Å². The summed E-state index contributed by atoms with van der Waals surface area (Å²) < 4.78 is 0. The van der Waals surface area contributed by atoms with Gasteiger partial charge in [0.15, 0.2) is 0 Å². The van der Waals surface area contributed by atoms with Gasteiger partial charge in [-0.15, -0.1) is 0 Å². The molecule has 10 N–H and O–H groups in total. The third-order valence-electron chi connectivity index (χ3n) is 6.67. The quantitative estimate of drug-likeness (QED) is 0.135. The molecule has 2 rings (SSSR count). The van der Waals surface area contributed by atoms with Gasteiger partial charge >= 0.3 is 5.97 Å². The molecule has 0 aliphatic carbocycles. The van der Waals surface area contributed by atoms with Gasteiger partial charge in [-0.2, -0.15) is 0 Å². The summed E-state index contributed by atoms with van der Waals surface area (Å²) in [6.07, 6.45) is 3.89. The van der Waals surface area contributed by atoms with Gasteiger partial charge in [-0.25, -0.2) is 4.79 Å². The van der Waals surface area contributed by atoms with Crippen molar-refractivity contribution in [1.82, 2.24) is 20.9 Å². The van der Waals surface area contributed by atoms with Crippen molar-refractivity contribution in [2.45, 2.75) is 70.1 Å². The summed E-state index contributed by atoms with van der Waals surface area (Å²) >= 11 is 0. The van der Waals surface area contributed by atoms with Crippen LogP contribution in [0.5, 0.6) is 0 Å². The number of nitrogens with one attached hydrogen (secondary N) is 4. The number of para-hydroxylation sites is 1. The van der Waals surface area contributed by atoms with Crippen molar-refractivity contribution >= 4 is 34.6 Å². The van der Waals surface area contributed by atoms with Crippen LogP contribution >= 0.6 is 0 Å². The van der Waals surface area contributed by atoms with Crippen LogP contribution in [0, 0.1) is 5.92 Å². The minimum Gasteiger partial charge on any atom is -0.480 e. The number of hydrogen-bond donors (Lipinski definition) is 8. The first kappa shape index (κ1) is 30.7. The lowest BCUT2D eigenvalue weighted by molar-refractivity contribution is -0.143. The molecule has 0 saturated heterocycles. The molecular formula is C26H40N6O6. The summed E-state index contributed by atoms with van der Waals surface area (Å²) in [6, 6.07) is 2.90. The Hall–Kier alpha value is -3.48. The number of H-pyrrole nitrogens is 1. The van der Waals surface area contributed by atoms with E-state index in [9.17, 15) is 29.4 Å². The number of aliphatic hydroxyl groups excluding tert-OH is 1. The number of carboxylic acids is 1. The predicted octanol–water partition coefficient (Wildman–Crippen LogP) is -0.256. The van der Waals surface area contributed by atoms with Crippen LogP contribution in [0.1, 0.15) is 45.1 Å². The third kappa shape index (κ3) is 8.54. The van der Waals surface area contributed by atoms with Crippen molar-refractivity contribution in [2.75, 3.05) is 13.2 Å². The van der Waals surface area contributed by atoms with Crippen LogP contribution in [0.3, 0.4) is 0 Å². The molecule has 1 aromatic heterocycles. The zero-order valence-corrected chi connectivity index (χ0v) is 21.9. The van der Waals surface area contributed by atoms with Crippen molar-refractivity contribution in [1.29, 1.82) is 0 Å². The summed E-state index contributed by atoms with van der Waals surface area (Å²) in [6.45, 7) is 3.35. The Morgan fingerprint density at radius 3 is 2.24 bits per heavy atom. The number of aliphatic hydroxyl groups is 1. The third-order valence-corrected chi connectivity index (χ3v) is 6.67. The van der Waals surface area contributed by atoms with Gasteiger partial charge in [-0.1, -0.05) is 38.5 Å². The summed E-state index contributed by atoms with van der Waals surface area (Å²) in [5.74, 6) is -3.38. The topological polar surface area (TPSA) is 213 Å². The fourth-order valence-corrected chi connectivity index (χ4v) is 4.00. The number of carbonyl (C=O) groups is 4. The number of amides is 3. The number of benzene rings is 1. The van der Waals surface area contributed by atoms with Crippen LogP contribution in [0.15, 0.2) is 30.5 Å². The summed E-state index contributed by atoms with van der Waals surface area (Å²) in [4.78, 5) is 53.7. The molecule has 0 spiro atoms. The number of aliphatic carboxylic acids is 1. The second-order valence-corrected chi connectivity index (χ2v) is 9.46. The molecule has 0 aliphatic heterocycles. The molecule has 0 saturated carbocycles. The molecule has 0 bridgehead atoms. The van der Waals surface area contributed by atoms with E-state index < -0.39 is 54.5 Å². The lowest BCUT2D eigenvalue weighted by atomic mass is 9.98. The average molecular weight is 533 g/mol. The normalized spacial score (nSPS) is 15.2. The first-order chi connectivity index (χ1) is 18.1. The standard InChI is InChI=1S/C26H40N6O6/c1-3-15(2)22(28)25(36)30-19(10-6-7-11-27)23(34)31-20(24(35)32-21(14-33)26(37)38)12-16-13-29-18-9-5-4-8-17(16)18/h4-5,8-9,13,15,19-22,29,33H,3,6-7,10-12,14,27-28H2,1-2H3,(H,30,36)(H,31,34)(H,32,35)(H,37,38). The number of nitrogens with two attached hydrogens (primary N) is 2. The van der Waals surface area contributed by atoms with Crippen LogP contribution in [-0.4, -0.2) is 76.2 Å². The maximum Gasteiger partial charge on any atom is 0.328 e. The number of rotatable bonds is 16. The largest absolute Gasteiger partial charge is 0.480 e. The van der Waals surface area contributed by atoms with E-state index in [1.165, 1.54) is 0 Å². The Labute approximate surface area is 221 Å². The molecule has 12 nitrogen and oxygen atoms in total. The number of aromatic nitrogens is 1. The molecule has 0 fully saturated rings. The second kappa shape index (κ2) is 15.1. The smallest absolute Gasteiger partial charge is 0.328 e. The van der Waals surface area contributed by atoms with Crippen LogP contribution in [0.4, 0.5) is 0 Å². The number of unbranched alkanes of at least 4 members (excludes halogenated alkanes) is 1. The summed E-state index contributed by atoms with van der Waals surface area (Å²) in [7, 11) is 0. The van der Waals surface area contributed by atoms with Gasteiger partial charge < -0.3 is 42.6 Å². The molecule has 5 atom stereocenters. The minimum atomic E-state index is -1.54. The van der Waals surface area contributed by atoms with Crippen molar-refractivity contribution in [3.05, 3.63) is 36.0 Å². The Morgan fingerprint density at radius 2 is 1.61 bits per heavy atom. The minimum absolute atomic E-state index is 0.0369. The number of aromatic amines is 1. The SMILES string of the molecule is CCC(C)C(N)C(=O)NC(CCCCN)C(=O)NC(Cc1c[nH]c2ccccc12)C(=O)NC(CO)C(=O)O. The number of carbonyl (C=O) groups excluding carboxylic acids is 3. The first-order valence-corrected chi connectivity index (χ1v) is 12.9. The predicted molar refractivity (Wildman–Crippen MR) is 143 cm³/mol. The molecule has 1 aromatic carbocycles. The zero-order chi connectivity index (χ0) is 28.2. The van der Waals surface area contributed by atoms with Crippen LogP contribution in [0.2, 0.25) is 0 Å². The van der Waals surface area contributed by atoms with Crippen molar-refractivity contribution < 1.29 is 29.4 Å². The number of carboxylic acid groups (broad SMARTS) is 1. The Kier molecular flexibility index (Phi) is 12.2. The van der Waals surface area contributed by atoms with Crippen molar-refractivity contribution in [3.8, 4) is 0 Å². The number of hydrogen-bond acceptors (Lipinski definition) is 7. The van der Waals surface area contributed by atoms with Gasteiger partial charge in [0.25, 0.3) is 0 Å². The molecule has 38 heavy (non-hydrogen) atoms. The Bertz CT molecular complexity index is 1090. The molecular weight excluding hydrogens is 492 g/mol. The molecule has 12 heteroatoms. The first-order valence-electron chi connectivity index (χ1n) is 12.9. The molecule has 2 aromatic rings. The van der Waals surface area contributed by atoms with Crippen LogP contribution in [-0.2, 0) is 25.6 Å². The average Bonchev–Trinajstić information content (AvgIpc) is 3.32. The van der Waals surface area contributed by atoms with E-state index in [1.807, 2.05) is 38.1 Å². The van der Waals surface area contributed by atoms with Gasteiger partial charge in [0.1, 0.15) is 18.1 Å². The summed E-state index contributed by atoms with van der Waals surface area (Å²) in [5.41, 5.74) is 13.2. The Morgan fingerprint density at radius 1 is 0.974 bits per heavy atom. The van der Waals surface area contributed by atoms with Gasteiger partial charge in [-0.3, -0.25) is 14.4 Å². The molecule has 0 radical (unpaired) electrons. The molecule has 5 unspecified atom stereocenters. The van der Waals surface area contributed by atoms with Gasteiger partial charge in [0.05, 0.1) is 12.6 Å². The van der Waals surface area contributed by atoms with E-state index in [0.29, 0.717) is 25.8 Å². The number of fused-ring (bicyclic) bond motifs is 1. The molecule has 0 aliphatic rings. The molecule has 210 valence electrons. The monoisotopic (exact) mass is 532 g/mol. The highest BCUT2D eigenvalue weighted by molar-refractivity contribution is 5.95. The maximum atomic E-state index is 13.4. The van der Waals surface area contributed by atoms with Gasteiger partial charge in [0.2, 0.25) is 17.7 Å². The summed E-state index contributed by atoms with van der Waals surface area (Å²) in [5, 5.41) is 27.1. The van der Waals surface area contributed by atoms with Crippen LogP contribution in [0.25, 0.3) is 10.9 Å². The lowest BCUT2D eigenvalue weighted by Crippen LogP contribution is -2.58. The zero-order valence-electron chi connectivity index (χ0n) is 21.9. The van der Waals surface area contributed by atoms with E-state index in [1.54, 1.807) is 6.20 Å². The Balaban J connectivity index is 2.29. The molecule has 3 amide bonds. The van der Waals surface area contributed by atoms with Gasteiger partial charge in [-0.05, 0) is 43.4 Å². The highest BCUT2D eigenvalue weighted by atomic mass is 16.4. The van der Waals surface area contributed by atoms with Crippen LogP contribution < -0.4 is 27.4 Å². The van der Waals surface area contributed by atoms with E-state index in [4.69, 9.17) is 11.5 Å². The molecule has 1 heterocycles. The highest BCUT2D eigenvalue weighted by Crippen LogP contribution is 2.19. The fraction of sp³-hybridized carbons (Fsp3) is 0.538. The van der Waals surface area contributed by atoms with E-state index >= 15 is 0 Å². The second-order valence-electron chi connectivity index (χ2n) is 9.46. The van der Waals surface area contributed by atoms with E-state index in [0.717, 1.165) is 16.5 Å². The lowest BCUT2D eigenvalue weighted by Gasteiger charge is -2.26. The van der Waals surface area contributed by atoms with Crippen molar-refractivity contribution in [3.63, 3.8) is 0 Å². The van der Waals surface area contributed by atoms with E-state index in [2.05, 4.69) is 20.9 Å².